The van der Waals surface area contributed by atoms with Crippen molar-refractivity contribution >= 4 is 28.8 Å². The van der Waals surface area contributed by atoms with Crippen molar-refractivity contribution < 1.29 is 4.39 Å². The summed E-state index contributed by atoms with van der Waals surface area (Å²) < 4.78 is 13.5. The molecule has 138 valence electrons. The number of thiazole rings is 1. The molecule has 0 aliphatic carbocycles. The minimum absolute atomic E-state index is 0.204. The largest absolute Gasteiger partial charge is 0.342 e. The molecule has 1 aliphatic heterocycles. The van der Waals surface area contributed by atoms with Crippen molar-refractivity contribution in [2.24, 2.45) is 4.99 Å². The lowest BCUT2D eigenvalue weighted by Gasteiger charge is -2.28. The highest BCUT2D eigenvalue weighted by Gasteiger charge is 2.27. The zero-order chi connectivity index (χ0) is 18.5. The minimum atomic E-state index is -0.331. The SMILES string of the molecule is CCCCCC1=C(CC)C(c2ccc(F)cc2Cl)N=C(c2nccs2)N1. The fourth-order valence-corrected chi connectivity index (χ4v) is 4.10. The Balaban J connectivity index is 2.03. The molecule has 3 rings (SSSR count). The lowest BCUT2D eigenvalue weighted by Crippen LogP contribution is -2.31. The van der Waals surface area contributed by atoms with Crippen molar-refractivity contribution in [1.29, 1.82) is 0 Å². The van der Waals surface area contributed by atoms with Gasteiger partial charge in [-0.05, 0) is 42.5 Å². The molecule has 1 aliphatic rings. The third-order valence-corrected chi connectivity index (χ3v) is 5.66. The summed E-state index contributed by atoms with van der Waals surface area (Å²) in [5, 5.41) is 6.72. The molecule has 0 bridgehead atoms. The average Bonchev–Trinajstić information content (AvgIpc) is 3.16. The van der Waals surface area contributed by atoms with Gasteiger partial charge in [-0.25, -0.2) is 9.37 Å². The number of unbranched alkanes of at least 4 members (excludes halogenated alkanes) is 2. The molecular formula is C20H23ClFN3S. The number of allylic oxidation sites excluding steroid dienone is 1. The van der Waals surface area contributed by atoms with Gasteiger partial charge in [0.25, 0.3) is 0 Å². The van der Waals surface area contributed by atoms with Gasteiger partial charge in [-0.3, -0.25) is 4.99 Å². The average molecular weight is 392 g/mol. The van der Waals surface area contributed by atoms with E-state index in [4.69, 9.17) is 16.6 Å². The van der Waals surface area contributed by atoms with E-state index in [-0.39, 0.29) is 11.9 Å². The van der Waals surface area contributed by atoms with Crippen molar-refractivity contribution in [3.05, 3.63) is 62.5 Å². The van der Waals surface area contributed by atoms with Crippen LogP contribution >= 0.6 is 22.9 Å². The number of aromatic nitrogens is 1. The van der Waals surface area contributed by atoms with E-state index in [1.807, 2.05) is 5.38 Å². The Morgan fingerprint density at radius 2 is 2.12 bits per heavy atom. The van der Waals surface area contributed by atoms with E-state index < -0.39 is 0 Å². The summed E-state index contributed by atoms with van der Waals surface area (Å²) in [6, 6.07) is 4.36. The predicted molar refractivity (Wildman–Crippen MR) is 107 cm³/mol. The van der Waals surface area contributed by atoms with Gasteiger partial charge in [-0.1, -0.05) is 44.4 Å². The molecule has 0 fully saturated rings. The van der Waals surface area contributed by atoms with Gasteiger partial charge >= 0.3 is 0 Å². The lowest BCUT2D eigenvalue weighted by atomic mass is 9.92. The first-order valence-electron chi connectivity index (χ1n) is 9.05. The van der Waals surface area contributed by atoms with Gasteiger partial charge in [0.05, 0.1) is 0 Å². The first kappa shape index (κ1) is 19.1. The third-order valence-electron chi connectivity index (χ3n) is 4.55. The summed E-state index contributed by atoms with van der Waals surface area (Å²) in [6.07, 6.45) is 7.10. The van der Waals surface area contributed by atoms with Crippen LogP contribution in [0.1, 0.15) is 62.6 Å². The van der Waals surface area contributed by atoms with Crippen LogP contribution in [-0.4, -0.2) is 10.8 Å². The summed E-state index contributed by atoms with van der Waals surface area (Å²) in [4.78, 5) is 9.30. The van der Waals surface area contributed by atoms with E-state index in [0.717, 1.165) is 35.7 Å². The molecule has 0 spiro atoms. The normalized spacial score (nSPS) is 17.2. The van der Waals surface area contributed by atoms with Gasteiger partial charge < -0.3 is 5.32 Å². The molecule has 6 heteroatoms. The van der Waals surface area contributed by atoms with Crippen LogP contribution in [0.4, 0.5) is 4.39 Å². The van der Waals surface area contributed by atoms with Crippen molar-refractivity contribution in [3.63, 3.8) is 0 Å². The molecule has 26 heavy (non-hydrogen) atoms. The smallest absolute Gasteiger partial charge is 0.163 e. The van der Waals surface area contributed by atoms with E-state index in [1.54, 1.807) is 23.6 Å². The Hall–Kier alpha value is -1.72. The lowest BCUT2D eigenvalue weighted by molar-refractivity contribution is 0.624. The van der Waals surface area contributed by atoms with Crippen LogP contribution in [0.3, 0.4) is 0 Å². The van der Waals surface area contributed by atoms with E-state index in [1.165, 1.54) is 36.2 Å². The number of hydrogen-bond donors (Lipinski definition) is 1. The summed E-state index contributed by atoms with van der Waals surface area (Å²) in [7, 11) is 0. The van der Waals surface area contributed by atoms with Crippen LogP contribution in [0.5, 0.6) is 0 Å². The number of amidine groups is 1. The van der Waals surface area contributed by atoms with Gasteiger partial charge in [0.1, 0.15) is 11.9 Å². The van der Waals surface area contributed by atoms with Gasteiger partial charge in [0.15, 0.2) is 10.8 Å². The molecule has 0 saturated heterocycles. The summed E-state index contributed by atoms with van der Waals surface area (Å²) in [6.45, 7) is 4.33. The molecule has 0 saturated carbocycles. The van der Waals surface area contributed by atoms with E-state index in [0.29, 0.717) is 5.02 Å². The Kier molecular flexibility index (Phi) is 6.43. The highest BCUT2D eigenvalue weighted by Crippen LogP contribution is 2.38. The van der Waals surface area contributed by atoms with Gasteiger partial charge in [0, 0.05) is 22.3 Å². The Labute approximate surface area is 163 Å². The van der Waals surface area contributed by atoms with Crippen molar-refractivity contribution in [2.45, 2.75) is 52.0 Å². The van der Waals surface area contributed by atoms with Crippen LogP contribution < -0.4 is 5.32 Å². The predicted octanol–water partition coefficient (Wildman–Crippen LogP) is 6.27. The van der Waals surface area contributed by atoms with Gasteiger partial charge in [-0.2, -0.15) is 0 Å². The number of nitrogens with one attached hydrogen (secondary N) is 1. The maximum absolute atomic E-state index is 13.5. The number of aliphatic imine (C=N–C) groups is 1. The zero-order valence-corrected chi connectivity index (χ0v) is 16.6. The number of halogens is 2. The second kappa shape index (κ2) is 8.78. The van der Waals surface area contributed by atoms with Gasteiger partial charge in [-0.15, -0.1) is 11.3 Å². The molecule has 2 heterocycles. The fraction of sp³-hybridized carbons (Fsp3) is 0.400. The minimum Gasteiger partial charge on any atom is -0.342 e. The second-order valence-corrected chi connectivity index (χ2v) is 7.62. The summed E-state index contributed by atoms with van der Waals surface area (Å²) >= 11 is 7.92. The van der Waals surface area contributed by atoms with Crippen molar-refractivity contribution in [2.75, 3.05) is 0 Å². The summed E-state index contributed by atoms with van der Waals surface area (Å²) in [5.41, 5.74) is 3.26. The van der Waals surface area contributed by atoms with Crippen LogP contribution in [0.2, 0.25) is 5.02 Å². The second-order valence-electron chi connectivity index (χ2n) is 6.32. The number of hydrogen-bond acceptors (Lipinski definition) is 4. The standard InChI is InChI=1S/C20H23ClFN3S/c1-3-5-6-7-17-14(4-2)18(15-9-8-13(22)12-16(15)21)25-19(24-17)20-23-10-11-26-20/h8-12,18H,3-7H2,1-2H3,(H,24,25). The van der Waals surface area contributed by atoms with Crippen molar-refractivity contribution in [1.82, 2.24) is 10.3 Å². The first-order valence-corrected chi connectivity index (χ1v) is 10.3. The molecule has 1 aromatic carbocycles. The number of benzene rings is 1. The van der Waals surface area contributed by atoms with Crippen LogP contribution in [0.25, 0.3) is 0 Å². The molecule has 1 atom stereocenters. The van der Waals surface area contributed by atoms with E-state index in [9.17, 15) is 4.39 Å². The van der Waals surface area contributed by atoms with Crippen LogP contribution in [0, 0.1) is 5.82 Å². The van der Waals surface area contributed by atoms with E-state index >= 15 is 0 Å². The van der Waals surface area contributed by atoms with Crippen molar-refractivity contribution in [3.8, 4) is 0 Å². The zero-order valence-electron chi connectivity index (χ0n) is 15.1. The molecule has 2 aromatic rings. The molecule has 1 N–H and O–H groups in total. The maximum Gasteiger partial charge on any atom is 0.163 e. The maximum atomic E-state index is 13.5. The van der Waals surface area contributed by atoms with Gasteiger partial charge in [0.2, 0.25) is 0 Å². The Morgan fingerprint density at radius 3 is 2.77 bits per heavy atom. The molecular weight excluding hydrogens is 369 g/mol. The van der Waals surface area contributed by atoms with Crippen LogP contribution in [-0.2, 0) is 0 Å². The first-order chi connectivity index (χ1) is 12.6. The molecule has 1 unspecified atom stereocenters. The monoisotopic (exact) mass is 391 g/mol. The Bertz CT molecular complexity index is 814. The summed E-state index contributed by atoms with van der Waals surface area (Å²) in [5.74, 6) is 0.441. The number of rotatable bonds is 7. The molecule has 0 amide bonds. The van der Waals surface area contributed by atoms with Crippen LogP contribution in [0.15, 0.2) is 46.0 Å². The van der Waals surface area contributed by atoms with E-state index in [2.05, 4.69) is 24.1 Å². The molecule has 1 aromatic heterocycles. The molecule has 3 nitrogen and oxygen atoms in total. The highest BCUT2D eigenvalue weighted by atomic mass is 35.5. The molecule has 0 radical (unpaired) electrons. The number of nitrogens with zero attached hydrogens (tertiary/aromatic N) is 2. The highest BCUT2D eigenvalue weighted by molar-refractivity contribution is 7.11. The fourth-order valence-electron chi connectivity index (χ4n) is 3.24. The topological polar surface area (TPSA) is 37.3 Å². The third kappa shape index (κ3) is 4.15. The Morgan fingerprint density at radius 1 is 1.27 bits per heavy atom. The quantitative estimate of drug-likeness (QED) is 0.564.